The Morgan fingerprint density at radius 2 is 1.64 bits per heavy atom. The number of thiophene rings is 1. The third-order valence-corrected chi connectivity index (χ3v) is 8.67. The van der Waals surface area contributed by atoms with Crippen LogP contribution in [0.2, 0.25) is 0 Å². The van der Waals surface area contributed by atoms with E-state index in [9.17, 15) is 18.0 Å². The molecule has 5 aromatic rings. The number of rotatable bonds is 4. The Morgan fingerprint density at radius 1 is 1.00 bits per heavy atom. The summed E-state index contributed by atoms with van der Waals surface area (Å²) in [5.74, 6) is -3.07. The van der Waals surface area contributed by atoms with Crippen LogP contribution in [0.1, 0.15) is 58.2 Å². The number of carbonyl (C=O) groups is 1. The number of hydrogen-bond acceptors (Lipinski definition) is 3. The van der Waals surface area contributed by atoms with Crippen LogP contribution in [-0.2, 0) is 36.7 Å². The van der Waals surface area contributed by atoms with Gasteiger partial charge in [-0.2, -0.15) is 25.7 Å². The molecule has 5 rings (SSSR count). The zero-order valence-electron chi connectivity index (χ0n) is 25.7. The van der Waals surface area contributed by atoms with Crippen LogP contribution in [0, 0.1) is 19.9 Å². The monoisotopic (exact) mass is 797 g/mol. The van der Waals surface area contributed by atoms with Gasteiger partial charge in [-0.15, -0.1) is 34.4 Å². The average molecular weight is 797 g/mol. The SMILES string of the molecule is CC(C)/C(O)=C/C(=O)C(F)(F)F.[CH2-]c1c(-c2c3sc4cc(CC)ccc4c3cc[n+]2[CH2-])cc(C(C)(C)C)c2ccccc12.[Ir]. The number of aromatic nitrogens is 1. The van der Waals surface area contributed by atoms with Crippen LogP contribution in [0.5, 0.6) is 0 Å². The fourth-order valence-electron chi connectivity index (χ4n) is 5.02. The van der Waals surface area contributed by atoms with Crippen molar-refractivity contribution in [3.05, 3.63) is 103 Å². The van der Waals surface area contributed by atoms with E-state index in [4.69, 9.17) is 5.11 Å². The average Bonchev–Trinajstić information content (AvgIpc) is 3.30. The van der Waals surface area contributed by atoms with E-state index in [0.717, 1.165) is 17.7 Å². The first-order chi connectivity index (χ1) is 20.0. The number of alkyl halides is 3. The zero-order valence-corrected chi connectivity index (χ0v) is 28.9. The number of halogens is 3. The second kappa shape index (κ2) is 13.4. The van der Waals surface area contributed by atoms with Crippen LogP contribution in [0.25, 0.3) is 42.2 Å². The van der Waals surface area contributed by atoms with Gasteiger partial charge in [0.05, 0.1) is 17.6 Å². The molecule has 235 valence electrons. The fourth-order valence-corrected chi connectivity index (χ4v) is 6.35. The number of aryl methyl sites for hydroxylation is 1. The van der Waals surface area contributed by atoms with Gasteiger partial charge >= 0.3 is 6.18 Å². The maximum Gasteiger partial charge on any atom is 0.454 e. The molecule has 0 aliphatic heterocycles. The molecule has 0 aliphatic carbocycles. The molecule has 0 saturated heterocycles. The van der Waals surface area contributed by atoms with E-state index >= 15 is 0 Å². The number of ketones is 1. The minimum atomic E-state index is -4.90. The number of pyridine rings is 1. The van der Waals surface area contributed by atoms with Gasteiger partial charge in [-0.3, -0.25) is 4.79 Å². The number of allylic oxidation sites excluding steroid dienone is 2. The first-order valence-electron chi connectivity index (χ1n) is 14.2. The first-order valence-corrected chi connectivity index (χ1v) is 15.0. The van der Waals surface area contributed by atoms with Gasteiger partial charge in [-0.1, -0.05) is 82.8 Å². The predicted octanol–water partition coefficient (Wildman–Crippen LogP) is 10.1. The van der Waals surface area contributed by atoms with Crippen LogP contribution in [0.3, 0.4) is 0 Å². The molecule has 2 aromatic heterocycles. The summed E-state index contributed by atoms with van der Waals surface area (Å²) in [6.07, 6.45) is -1.56. The summed E-state index contributed by atoms with van der Waals surface area (Å²) in [5.41, 5.74) is 6.14. The van der Waals surface area contributed by atoms with E-state index in [1.54, 1.807) is 0 Å². The van der Waals surface area contributed by atoms with Crippen molar-refractivity contribution in [3.63, 3.8) is 0 Å². The molecule has 2 heterocycles. The van der Waals surface area contributed by atoms with Crippen LogP contribution >= 0.6 is 11.3 Å². The summed E-state index contributed by atoms with van der Waals surface area (Å²) < 4.78 is 39.3. The summed E-state index contributed by atoms with van der Waals surface area (Å²) in [5, 5.41) is 13.9. The fraction of sp³-hybridized carbons (Fsp3) is 0.278. The Kier molecular flexibility index (Phi) is 10.7. The van der Waals surface area contributed by atoms with E-state index in [1.165, 1.54) is 61.5 Å². The van der Waals surface area contributed by atoms with Gasteiger partial charge < -0.3 is 9.67 Å². The zero-order chi connectivity index (χ0) is 31.9. The second-order valence-corrected chi connectivity index (χ2v) is 13.0. The van der Waals surface area contributed by atoms with Gasteiger partial charge in [0, 0.05) is 48.5 Å². The number of benzene rings is 3. The first kappa shape index (κ1) is 35.2. The number of fused-ring (bicyclic) bond motifs is 4. The number of hydrogen-bond donors (Lipinski definition) is 1. The minimum absolute atomic E-state index is 0. The van der Waals surface area contributed by atoms with Crippen molar-refractivity contribution in [1.82, 2.24) is 0 Å². The van der Waals surface area contributed by atoms with E-state index in [0.29, 0.717) is 0 Å². The molecule has 0 amide bonds. The number of aliphatic hydroxyl groups is 1. The van der Waals surface area contributed by atoms with Gasteiger partial charge in [-0.05, 0) is 40.3 Å². The second-order valence-electron chi connectivity index (χ2n) is 12.0. The molecule has 0 aliphatic rings. The third-order valence-electron chi connectivity index (χ3n) is 7.49. The summed E-state index contributed by atoms with van der Waals surface area (Å²) in [6, 6.07) is 20.1. The molecule has 1 N–H and O–H groups in total. The Morgan fingerprint density at radius 3 is 2.20 bits per heavy atom. The minimum Gasteiger partial charge on any atom is -0.512 e. The molecule has 0 atom stereocenters. The van der Waals surface area contributed by atoms with Crippen LogP contribution in [-0.4, -0.2) is 17.1 Å². The van der Waals surface area contributed by atoms with Crippen LogP contribution < -0.4 is 4.57 Å². The number of carbonyl (C=O) groups excluding carboxylic acids is 1. The maximum absolute atomic E-state index is 11.6. The molecule has 0 unspecified atom stereocenters. The van der Waals surface area contributed by atoms with Gasteiger partial charge in [-0.25, -0.2) is 0 Å². The molecule has 0 bridgehead atoms. The van der Waals surface area contributed by atoms with Crippen LogP contribution in [0.4, 0.5) is 13.2 Å². The van der Waals surface area contributed by atoms with E-state index in [1.807, 2.05) is 15.9 Å². The summed E-state index contributed by atoms with van der Waals surface area (Å²) in [6.45, 7) is 16.6. The molecule has 44 heavy (non-hydrogen) atoms. The molecular weight excluding hydrogens is 760 g/mol. The van der Waals surface area contributed by atoms with Crippen molar-refractivity contribution >= 4 is 48.1 Å². The van der Waals surface area contributed by atoms with Gasteiger partial charge in [0.25, 0.3) is 5.78 Å². The van der Waals surface area contributed by atoms with E-state index < -0.39 is 23.6 Å². The quantitative estimate of drug-likeness (QED) is 0.0852. The molecule has 8 heteroatoms. The smallest absolute Gasteiger partial charge is 0.454 e. The summed E-state index contributed by atoms with van der Waals surface area (Å²) in [7, 11) is 4.36. The summed E-state index contributed by atoms with van der Waals surface area (Å²) in [4.78, 5) is 10.2. The Balaban J connectivity index is 0.000000349. The molecule has 0 spiro atoms. The van der Waals surface area contributed by atoms with Crippen molar-refractivity contribution in [1.29, 1.82) is 0 Å². The topological polar surface area (TPSA) is 41.2 Å². The van der Waals surface area contributed by atoms with E-state index in [-0.39, 0.29) is 31.6 Å². The Bertz CT molecular complexity index is 1860. The van der Waals surface area contributed by atoms with Crippen molar-refractivity contribution in [2.24, 2.45) is 5.92 Å². The third kappa shape index (κ3) is 7.14. The van der Waals surface area contributed by atoms with E-state index in [2.05, 4.69) is 102 Å². The molecule has 3 nitrogen and oxygen atoms in total. The molecule has 3 aromatic carbocycles. The standard InChI is InChI=1S/C29H28NS.C7H9F3O2.Ir/c1-7-19-12-13-22-23-14-15-30(6)27(28(23)31-26(22)16-19)24-17-25(29(3,4)5)21-11-9-8-10-20(21)18(24)2;1-4(2)5(11)3-6(12)7(8,9)10;/h8-17H,2,6-7H2,1,3-5H3;3-4,11H,1-2H3;/q-1;;/b;5-3-;. The molecule has 1 radical (unpaired) electrons. The largest absolute Gasteiger partial charge is 0.512 e. The predicted molar refractivity (Wildman–Crippen MR) is 172 cm³/mol. The van der Waals surface area contributed by atoms with Gasteiger partial charge in [0.2, 0.25) is 0 Å². The van der Waals surface area contributed by atoms with Gasteiger partial charge in [0.1, 0.15) is 0 Å². The normalized spacial score (nSPS) is 12.4. The molecule has 0 fully saturated rings. The maximum atomic E-state index is 11.6. The van der Waals surface area contributed by atoms with Crippen LogP contribution in [0.15, 0.2) is 72.6 Å². The van der Waals surface area contributed by atoms with Crippen molar-refractivity contribution in [2.45, 2.75) is 59.6 Å². The van der Waals surface area contributed by atoms with Crippen molar-refractivity contribution < 1.29 is 47.7 Å². The number of nitrogens with zero attached hydrogens (tertiary/aromatic N) is 1. The Labute approximate surface area is 274 Å². The van der Waals surface area contributed by atoms with Crippen molar-refractivity contribution in [3.8, 4) is 11.3 Å². The summed E-state index contributed by atoms with van der Waals surface area (Å²) >= 11 is 1.87. The van der Waals surface area contributed by atoms with Gasteiger partial charge in [0.15, 0.2) is 0 Å². The number of aliphatic hydroxyl groups excluding tert-OH is 1. The molecular formula is C36H37F3IrNO2S-. The molecule has 0 saturated carbocycles. The Hall–Kier alpha value is -3.32. The van der Waals surface area contributed by atoms with Crippen molar-refractivity contribution in [2.75, 3.05) is 0 Å².